The van der Waals surface area contributed by atoms with E-state index in [4.69, 9.17) is 16.2 Å². The van der Waals surface area contributed by atoms with E-state index >= 15 is 0 Å². The third kappa shape index (κ3) is 3.24. The summed E-state index contributed by atoms with van der Waals surface area (Å²) in [4.78, 5) is 12.9. The van der Waals surface area contributed by atoms with Crippen molar-refractivity contribution < 1.29 is 9.53 Å². The van der Waals surface area contributed by atoms with Crippen LogP contribution in [0.3, 0.4) is 0 Å². The third-order valence-electron chi connectivity index (χ3n) is 2.38. The van der Waals surface area contributed by atoms with Gasteiger partial charge in [-0.2, -0.15) is 0 Å². The van der Waals surface area contributed by atoms with Crippen molar-refractivity contribution in [1.82, 2.24) is 0 Å². The van der Waals surface area contributed by atoms with Gasteiger partial charge in [-0.3, -0.25) is 0 Å². The summed E-state index contributed by atoms with van der Waals surface area (Å²) in [5.74, 6) is -0.398. The van der Waals surface area contributed by atoms with Crippen LogP contribution in [-0.2, 0) is 11.2 Å². The second kappa shape index (κ2) is 5.55. The molecule has 1 heterocycles. The number of hydrogen-bond donors (Lipinski definition) is 2. The van der Waals surface area contributed by atoms with E-state index in [1.165, 1.54) is 4.88 Å². The lowest BCUT2D eigenvalue weighted by atomic mass is 10.2. The fraction of sp³-hybridized carbons (Fsp3) is 0.154. The molecule has 0 saturated heterocycles. The fourth-order valence-electron chi connectivity index (χ4n) is 1.58. The van der Waals surface area contributed by atoms with Crippen molar-refractivity contribution in [2.75, 3.05) is 18.1 Å². The maximum atomic E-state index is 11.7. The molecule has 94 valence electrons. The summed E-state index contributed by atoms with van der Waals surface area (Å²) in [6.45, 7) is 0.355. The number of rotatable bonds is 4. The molecule has 0 radical (unpaired) electrons. The van der Waals surface area contributed by atoms with E-state index in [2.05, 4.69) is 0 Å². The maximum absolute atomic E-state index is 11.7. The van der Waals surface area contributed by atoms with Crippen molar-refractivity contribution in [2.24, 2.45) is 0 Å². The van der Waals surface area contributed by atoms with E-state index < -0.39 is 5.97 Å². The smallest absolute Gasteiger partial charge is 0.338 e. The van der Waals surface area contributed by atoms with Gasteiger partial charge in [-0.1, -0.05) is 6.07 Å². The van der Waals surface area contributed by atoms with Gasteiger partial charge < -0.3 is 16.2 Å². The number of ether oxygens (including phenoxy) is 1. The van der Waals surface area contributed by atoms with Crippen molar-refractivity contribution in [1.29, 1.82) is 0 Å². The zero-order valence-corrected chi connectivity index (χ0v) is 10.6. The second-order valence-electron chi connectivity index (χ2n) is 3.85. The van der Waals surface area contributed by atoms with Gasteiger partial charge in [-0.05, 0) is 29.6 Å². The van der Waals surface area contributed by atoms with Crippen LogP contribution in [0.1, 0.15) is 15.2 Å². The molecule has 5 heteroatoms. The van der Waals surface area contributed by atoms with Gasteiger partial charge in [0, 0.05) is 22.7 Å². The van der Waals surface area contributed by atoms with Gasteiger partial charge in [0.25, 0.3) is 0 Å². The first kappa shape index (κ1) is 12.4. The number of nitrogens with two attached hydrogens (primary N) is 2. The van der Waals surface area contributed by atoms with Crippen LogP contribution in [0.25, 0.3) is 0 Å². The predicted octanol–water partition coefficient (Wildman–Crippen LogP) is 2.31. The summed E-state index contributed by atoms with van der Waals surface area (Å²) in [5, 5.41) is 2.00. The minimum atomic E-state index is -0.398. The lowest BCUT2D eigenvalue weighted by Crippen LogP contribution is -2.08. The van der Waals surface area contributed by atoms with Gasteiger partial charge in [-0.25, -0.2) is 4.79 Å². The van der Waals surface area contributed by atoms with E-state index in [0.29, 0.717) is 23.5 Å². The zero-order valence-electron chi connectivity index (χ0n) is 9.76. The summed E-state index contributed by atoms with van der Waals surface area (Å²) in [7, 11) is 0. The van der Waals surface area contributed by atoms with Crippen LogP contribution in [0, 0.1) is 0 Å². The molecule has 0 amide bonds. The quantitative estimate of drug-likeness (QED) is 0.654. The molecule has 0 atom stereocenters. The first-order chi connectivity index (χ1) is 8.65. The van der Waals surface area contributed by atoms with Crippen molar-refractivity contribution in [2.45, 2.75) is 6.42 Å². The summed E-state index contributed by atoms with van der Waals surface area (Å²) < 4.78 is 5.17. The number of nitrogen functional groups attached to an aromatic ring is 2. The average Bonchev–Trinajstić information content (AvgIpc) is 2.80. The summed E-state index contributed by atoms with van der Waals surface area (Å²) in [5.41, 5.74) is 12.5. The highest BCUT2D eigenvalue weighted by Crippen LogP contribution is 2.15. The summed E-state index contributed by atoms with van der Waals surface area (Å²) >= 11 is 1.64. The molecule has 4 N–H and O–H groups in total. The highest BCUT2D eigenvalue weighted by atomic mass is 32.1. The van der Waals surface area contributed by atoms with Crippen LogP contribution in [0.5, 0.6) is 0 Å². The number of benzene rings is 1. The third-order valence-corrected chi connectivity index (χ3v) is 3.31. The molecule has 0 aliphatic heterocycles. The molecule has 2 aromatic rings. The van der Waals surface area contributed by atoms with E-state index in [1.807, 2.05) is 17.5 Å². The molecular formula is C13H14N2O2S. The normalized spacial score (nSPS) is 10.2. The van der Waals surface area contributed by atoms with Gasteiger partial charge in [-0.15, -0.1) is 11.3 Å². The molecule has 4 nitrogen and oxygen atoms in total. The van der Waals surface area contributed by atoms with Crippen LogP contribution in [0.4, 0.5) is 11.4 Å². The van der Waals surface area contributed by atoms with Crippen molar-refractivity contribution >= 4 is 28.7 Å². The Morgan fingerprint density at radius 1 is 1.22 bits per heavy atom. The maximum Gasteiger partial charge on any atom is 0.338 e. The van der Waals surface area contributed by atoms with Crippen molar-refractivity contribution in [3.63, 3.8) is 0 Å². The largest absolute Gasteiger partial charge is 0.462 e. The number of thiophene rings is 1. The molecule has 0 aliphatic carbocycles. The van der Waals surface area contributed by atoms with Gasteiger partial charge in [0.1, 0.15) is 0 Å². The molecule has 0 spiro atoms. The molecule has 0 fully saturated rings. The minimum absolute atomic E-state index is 0.355. The van der Waals surface area contributed by atoms with Crippen LogP contribution < -0.4 is 11.5 Å². The summed E-state index contributed by atoms with van der Waals surface area (Å²) in [6.07, 6.45) is 0.723. The Labute approximate surface area is 109 Å². The number of anilines is 2. The van der Waals surface area contributed by atoms with Crippen LogP contribution >= 0.6 is 11.3 Å². The highest BCUT2D eigenvalue weighted by molar-refractivity contribution is 7.09. The number of esters is 1. The van der Waals surface area contributed by atoms with Gasteiger partial charge in [0.05, 0.1) is 12.2 Å². The standard InChI is InChI=1S/C13H14N2O2S/c14-10-6-9(7-11(15)8-10)13(16)17-4-3-12-2-1-5-18-12/h1-2,5-8H,3-4,14-15H2. The SMILES string of the molecule is Nc1cc(N)cc(C(=O)OCCc2cccs2)c1. The predicted molar refractivity (Wildman–Crippen MR) is 73.6 cm³/mol. The number of carbonyl (C=O) groups excluding carboxylic acids is 1. The molecule has 18 heavy (non-hydrogen) atoms. The molecule has 0 aliphatic rings. The van der Waals surface area contributed by atoms with Crippen LogP contribution in [0.2, 0.25) is 0 Å². The molecule has 2 rings (SSSR count). The zero-order chi connectivity index (χ0) is 13.0. The number of hydrogen-bond acceptors (Lipinski definition) is 5. The van der Waals surface area contributed by atoms with Crippen LogP contribution in [-0.4, -0.2) is 12.6 Å². The second-order valence-corrected chi connectivity index (χ2v) is 4.89. The summed E-state index contributed by atoms with van der Waals surface area (Å²) in [6, 6.07) is 8.70. The average molecular weight is 262 g/mol. The van der Waals surface area contributed by atoms with Crippen molar-refractivity contribution in [3.05, 3.63) is 46.2 Å². The molecular weight excluding hydrogens is 248 g/mol. The fourth-order valence-corrected chi connectivity index (χ4v) is 2.27. The first-order valence-corrected chi connectivity index (χ1v) is 6.38. The Balaban J connectivity index is 1.91. The Kier molecular flexibility index (Phi) is 3.84. The first-order valence-electron chi connectivity index (χ1n) is 5.51. The minimum Gasteiger partial charge on any atom is -0.462 e. The Bertz CT molecular complexity index is 518. The van der Waals surface area contributed by atoms with E-state index in [1.54, 1.807) is 29.5 Å². The van der Waals surface area contributed by atoms with E-state index in [9.17, 15) is 4.79 Å². The highest BCUT2D eigenvalue weighted by Gasteiger charge is 2.08. The molecule has 0 saturated carbocycles. The Hall–Kier alpha value is -2.01. The molecule has 0 bridgehead atoms. The lowest BCUT2D eigenvalue weighted by Gasteiger charge is -2.05. The molecule has 1 aromatic carbocycles. The van der Waals surface area contributed by atoms with Gasteiger partial charge >= 0.3 is 5.97 Å². The Morgan fingerprint density at radius 3 is 2.56 bits per heavy atom. The van der Waals surface area contributed by atoms with Gasteiger partial charge in [0.2, 0.25) is 0 Å². The Morgan fingerprint density at radius 2 is 1.94 bits per heavy atom. The van der Waals surface area contributed by atoms with E-state index in [0.717, 1.165) is 6.42 Å². The molecule has 1 aromatic heterocycles. The topological polar surface area (TPSA) is 78.3 Å². The van der Waals surface area contributed by atoms with Crippen molar-refractivity contribution in [3.8, 4) is 0 Å². The van der Waals surface area contributed by atoms with E-state index in [-0.39, 0.29) is 0 Å². The lowest BCUT2D eigenvalue weighted by molar-refractivity contribution is 0.0510. The van der Waals surface area contributed by atoms with Gasteiger partial charge in [0.15, 0.2) is 0 Å². The van der Waals surface area contributed by atoms with Crippen LogP contribution in [0.15, 0.2) is 35.7 Å². The monoisotopic (exact) mass is 262 g/mol. The number of carbonyl (C=O) groups is 1. The molecule has 0 unspecified atom stereocenters.